The molecule has 1 aliphatic rings. The second-order valence-electron chi connectivity index (χ2n) is 3.25. The van der Waals surface area contributed by atoms with Crippen molar-refractivity contribution in [2.75, 3.05) is 12.5 Å². The second-order valence-corrected chi connectivity index (χ2v) is 3.75. The molecule has 0 saturated carbocycles. The van der Waals surface area contributed by atoms with Crippen LogP contribution in [0.25, 0.3) is 0 Å². The lowest BCUT2D eigenvalue weighted by Gasteiger charge is -2.22. The van der Waals surface area contributed by atoms with Crippen LogP contribution in [-0.2, 0) is 4.79 Å². The fourth-order valence-corrected chi connectivity index (χ4v) is 1.53. The normalized spacial score (nSPS) is 22.3. The van der Waals surface area contributed by atoms with Crippen molar-refractivity contribution < 1.29 is 9.59 Å². The summed E-state index contributed by atoms with van der Waals surface area (Å²) in [6.45, 7) is 3.46. The maximum absolute atomic E-state index is 11.5. The molecule has 1 fully saturated rings. The number of hydrogen-bond donors (Lipinski definition) is 0. The maximum Gasteiger partial charge on any atom is 0.328 e. The third-order valence-electron chi connectivity index (χ3n) is 2.24. The minimum atomic E-state index is -0.704. The Balaban J connectivity index is 3.02. The highest BCUT2D eigenvalue weighted by atomic mass is 79.9. The third-order valence-corrected chi connectivity index (χ3v) is 2.75. The van der Waals surface area contributed by atoms with Crippen molar-refractivity contribution in [1.82, 2.24) is 9.80 Å². The molecule has 1 heterocycles. The first-order valence-corrected chi connectivity index (χ1v) is 4.70. The molecule has 68 valence electrons. The molecule has 5 heteroatoms. The van der Waals surface area contributed by atoms with Gasteiger partial charge in [-0.25, -0.2) is 4.79 Å². The summed E-state index contributed by atoms with van der Waals surface area (Å²) in [7, 11) is 1.63. The van der Waals surface area contributed by atoms with Gasteiger partial charge in [-0.3, -0.25) is 9.69 Å². The summed E-state index contributed by atoms with van der Waals surface area (Å²) < 4.78 is 0. The highest BCUT2D eigenvalue weighted by molar-refractivity contribution is 9.09. The molecule has 0 aliphatic carbocycles. The van der Waals surface area contributed by atoms with Crippen LogP contribution in [0.5, 0.6) is 0 Å². The van der Waals surface area contributed by atoms with Gasteiger partial charge in [-0.1, -0.05) is 15.9 Å². The number of carbonyl (C=O) groups excluding carboxylic acids is 2. The number of halogens is 1. The van der Waals surface area contributed by atoms with E-state index in [0.717, 1.165) is 0 Å². The van der Waals surface area contributed by atoms with Crippen molar-refractivity contribution in [2.45, 2.75) is 19.4 Å². The van der Waals surface area contributed by atoms with Crippen LogP contribution in [0.2, 0.25) is 0 Å². The SMILES string of the molecule is CN1C(=O)N(CBr)[14C](=O)C1(C)C. The van der Waals surface area contributed by atoms with Gasteiger partial charge in [0.2, 0.25) is 0 Å². The van der Waals surface area contributed by atoms with Crippen LogP contribution < -0.4 is 0 Å². The van der Waals surface area contributed by atoms with Crippen LogP contribution >= 0.6 is 15.9 Å². The number of likely N-dealkylation sites (N-methyl/N-ethyl adjacent to an activating group) is 1. The van der Waals surface area contributed by atoms with E-state index in [1.807, 2.05) is 0 Å². The smallest absolute Gasteiger partial charge is 0.313 e. The Morgan fingerprint density at radius 3 is 2.25 bits per heavy atom. The van der Waals surface area contributed by atoms with Crippen molar-refractivity contribution in [3.8, 4) is 0 Å². The molecular weight excluding hydrogens is 226 g/mol. The Labute approximate surface area is 79.6 Å². The first-order valence-electron chi connectivity index (χ1n) is 3.58. The van der Waals surface area contributed by atoms with E-state index >= 15 is 0 Å². The highest BCUT2D eigenvalue weighted by Gasteiger charge is 2.48. The van der Waals surface area contributed by atoms with Gasteiger partial charge in [-0.15, -0.1) is 0 Å². The molecule has 3 amide bonds. The Kier molecular flexibility index (Phi) is 2.16. The van der Waals surface area contributed by atoms with Crippen LogP contribution in [0.1, 0.15) is 13.8 Å². The monoisotopic (exact) mass is 236 g/mol. The second kappa shape index (κ2) is 2.73. The summed E-state index contributed by atoms with van der Waals surface area (Å²) in [5.41, 5.74) is -0.441. The Morgan fingerprint density at radius 1 is 1.58 bits per heavy atom. The zero-order valence-electron chi connectivity index (χ0n) is 7.30. The number of amides is 3. The first kappa shape index (κ1) is 9.51. The lowest BCUT2D eigenvalue weighted by molar-refractivity contribution is -0.130. The van der Waals surface area contributed by atoms with Gasteiger partial charge < -0.3 is 4.90 Å². The van der Waals surface area contributed by atoms with Crippen molar-refractivity contribution >= 4 is 27.9 Å². The summed E-state index contributed by atoms with van der Waals surface area (Å²) in [6, 6.07) is -0.248. The molecule has 0 aromatic rings. The quantitative estimate of drug-likeness (QED) is 0.388. The predicted molar refractivity (Wildman–Crippen MR) is 47.9 cm³/mol. The van der Waals surface area contributed by atoms with Crippen molar-refractivity contribution in [1.29, 1.82) is 0 Å². The largest absolute Gasteiger partial charge is 0.328 e. The number of nitrogens with zero attached hydrogens (tertiary/aromatic N) is 2. The molecule has 1 saturated heterocycles. The minimum Gasteiger partial charge on any atom is -0.313 e. The molecule has 0 N–H and O–H groups in total. The average molecular weight is 237 g/mol. The molecule has 0 atom stereocenters. The predicted octanol–water partition coefficient (Wildman–Crippen LogP) is 1.01. The summed E-state index contributed by atoms with van der Waals surface area (Å²) in [6.07, 6.45) is 0. The zero-order chi connectivity index (χ0) is 9.52. The van der Waals surface area contributed by atoms with E-state index in [1.165, 1.54) is 9.80 Å². The Hall–Kier alpha value is -0.580. The number of rotatable bonds is 1. The van der Waals surface area contributed by atoms with Crippen LogP contribution in [0.4, 0.5) is 4.79 Å². The van der Waals surface area contributed by atoms with Crippen molar-refractivity contribution in [2.24, 2.45) is 0 Å². The third kappa shape index (κ3) is 1.03. The Morgan fingerprint density at radius 2 is 2.08 bits per heavy atom. The molecule has 0 spiro atoms. The van der Waals surface area contributed by atoms with Crippen LogP contribution in [0.3, 0.4) is 0 Å². The topological polar surface area (TPSA) is 40.6 Å². The van der Waals surface area contributed by atoms with Crippen LogP contribution in [-0.4, -0.2) is 39.8 Å². The molecule has 1 rings (SSSR count). The van der Waals surface area contributed by atoms with E-state index in [4.69, 9.17) is 0 Å². The number of hydrogen-bond acceptors (Lipinski definition) is 2. The van der Waals surface area contributed by atoms with E-state index in [1.54, 1.807) is 20.9 Å². The van der Waals surface area contributed by atoms with E-state index in [2.05, 4.69) is 15.9 Å². The van der Waals surface area contributed by atoms with Crippen molar-refractivity contribution in [3.05, 3.63) is 0 Å². The van der Waals surface area contributed by atoms with E-state index in [9.17, 15) is 9.59 Å². The fraction of sp³-hybridized carbons (Fsp3) is 0.714. The van der Waals surface area contributed by atoms with E-state index < -0.39 is 5.54 Å². The van der Waals surface area contributed by atoms with E-state index in [0.29, 0.717) is 0 Å². The van der Waals surface area contributed by atoms with Gasteiger partial charge in [-0.2, -0.15) is 0 Å². The summed E-state index contributed by atoms with van der Waals surface area (Å²) in [5, 5.41) is 0. The van der Waals surface area contributed by atoms with Crippen LogP contribution in [0.15, 0.2) is 0 Å². The molecular formula is C7H11BrN2O2. The van der Waals surface area contributed by atoms with Gasteiger partial charge in [0.25, 0.3) is 5.91 Å². The zero-order valence-corrected chi connectivity index (χ0v) is 8.88. The van der Waals surface area contributed by atoms with Gasteiger partial charge >= 0.3 is 6.03 Å². The Bertz CT molecular complexity index is 240. The molecule has 0 bridgehead atoms. The fourth-order valence-electron chi connectivity index (χ4n) is 1.09. The number of carbonyl (C=O) groups is 2. The van der Waals surface area contributed by atoms with E-state index in [-0.39, 0.29) is 17.4 Å². The molecule has 0 radical (unpaired) electrons. The summed E-state index contributed by atoms with van der Waals surface area (Å²) in [5.74, 6) is -0.160. The summed E-state index contributed by atoms with van der Waals surface area (Å²) >= 11 is 3.09. The van der Waals surface area contributed by atoms with Crippen molar-refractivity contribution in [3.63, 3.8) is 0 Å². The standard InChI is InChI=1S/C7H11BrN2O2/c1-7(2)5(11)10(4-8)6(12)9(7)3/h4H2,1-3H3/i5+2. The molecule has 0 unspecified atom stereocenters. The number of imide groups is 1. The van der Waals surface area contributed by atoms with Gasteiger partial charge in [0.15, 0.2) is 0 Å². The highest BCUT2D eigenvalue weighted by Crippen LogP contribution is 2.25. The molecule has 4 nitrogen and oxygen atoms in total. The van der Waals surface area contributed by atoms with Gasteiger partial charge in [0.1, 0.15) is 5.54 Å². The van der Waals surface area contributed by atoms with Gasteiger partial charge in [0, 0.05) is 7.05 Å². The lowest BCUT2D eigenvalue weighted by Crippen LogP contribution is -2.41. The average Bonchev–Trinajstić information content (AvgIpc) is 2.15. The van der Waals surface area contributed by atoms with Gasteiger partial charge in [-0.05, 0) is 13.8 Å². The number of alkyl halides is 1. The maximum atomic E-state index is 11.5. The summed E-state index contributed by atoms with van der Waals surface area (Å²) in [4.78, 5) is 25.5. The number of urea groups is 1. The molecule has 12 heavy (non-hydrogen) atoms. The first-order chi connectivity index (χ1) is 5.42. The lowest BCUT2D eigenvalue weighted by atomic mass is 10.2. The van der Waals surface area contributed by atoms with Crippen LogP contribution in [0, 0.1) is 0 Å². The molecule has 0 aromatic carbocycles. The van der Waals surface area contributed by atoms with Gasteiger partial charge in [0.05, 0.1) is 5.45 Å². The molecule has 1 aliphatic heterocycles. The minimum absolute atomic E-state index is 0.160. The molecule has 0 aromatic heterocycles.